The van der Waals surface area contributed by atoms with Crippen LogP contribution in [0.3, 0.4) is 0 Å². The molecule has 264 valence electrons. The average Bonchev–Trinajstić information content (AvgIpc) is 3.57. The molecule has 3 aliphatic rings. The fourth-order valence-corrected chi connectivity index (χ4v) is 6.93. The van der Waals surface area contributed by atoms with Gasteiger partial charge >= 0.3 is 5.69 Å². The van der Waals surface area contributed by atoms with Crippen LogP contribution in [0.4, 0.5) is 0 Å². The summed E-state index contributed by atoms with van der Waals surface area (Å²) in [6, 6.07) is 6.02. The largest absolute Gasteiger partial charge is 0.484 e. The van der Waals surface area contributed by atoms with Gasteiger partial charge in [0, 0.05) is 37.6 Å². The number of carbonyl (C=O) groups is 5. The van der Waals surface area contributed by atoms with E-state index in [-0.39, 0.29) is 25.6 Å². The molecule has 4 N–H and O–H groups in total. The number of amides is 5. The Morgan fingerprint density at radius 1 is 1.04 bits per heavy atom. The zero-order chi connectivity index (χ0) is 35.3. The maximum Gasteiger partial charge on any atom is 0.348 e. The molecule has 3 atom stereocenters. The van der Waals surface area contributed by atoms with Crippen LogP contribution in [0, 0.1) is 19.3 Å². The van der Waals surface area contributed by atoms with Crippen molar-refractivity contribution in [2.75, 3.05) is 39.4 Å². The summed E-state index contributed by atoms with van der Waals surface area (Å²) in [6.45, 7) is 5.20. The van der Waals surface area contributed by atoms with Crippen molar-refractivity contribution in [1.29, 1.82) is 0 Å². The molecule has 15 nitrogen and oxygen atoms in total. The summed E-state index contributed by atoms with van der Waals surface area (Å²) < 4.78 is 7.14. The molecule has 1 aromatic carbocycles. The number of aliphatic hydroxyl groups is 1. The Morgan fingerprint density at radius 2 is 1.80 bits per heavy atom. The Morgan fingerprint density at radius 3 is 2.51 bits per heavy atom. The summed E-state index contributed by atoms with van der Waals surface area (Å²) in [7, 11) is 0. The van der Waals surface area contributed by atoms with Crippen molar-refractivity contribution in [2.24, 2.45) is 5.41 Å². The van der Waals surface area contributed by atoms with Crippen LogP contribution in [-0.2, 0) is 36.9 Å². The molecule has 2 bridgehead atoms. The van der Waals surface area contributed by atoms with Crippen molar-refractivity contribution in [2.45, 2.75) is 77.5 Å². The van der Waals surface area contributed by atoms with Gasteiger partial charge in [-0.3, -0.25) is 28.5 Å². The summed E-state index contributed by atoms with van der Waals surface area (Å²) in [4.78, 5) is 85.5. The SMILES string of the molecule is Cc1cc(C)n(CC(=O)N2CCC3(CC2)CNC(=O)[C@H](CO)NC(=O)[C@@H]2CCCN2C(=O)[C@H](C)NC(=O)COc2cccc(c2)C3)c(=O)n1. The van der Waals surface area contributed by atoms with Gasteiger partial charge in [0.1, 0.15) is 30.4 Å². The lowest BCUT2D eigenvalue weighted by atomic mass is 9.73. The normalized spacial score (nSPS) is 23.7. The Balaban J connectivity index is 1.36. The number of piperidine rings is 1. The highest BCUT2D eigenvalue weighted by atomic mass is 16.5. The van der Waals surface area contributed by atoms with Crippen LogP contribution < -0.4 is 26.4 Å². The van der Waals surface area contributed by atoms with E-state index in [0.717, 1.165) is 5.56 Å². The number of hydrogen-bond donors (Lipinski definition) is 4. The number of rotatable bonds is 3. The first-order chi connectivity index (χ1) is 23.4. The monoisotopic (exact) mass is 679 g/mol. The van der Waals surface area contributed by atoms with Crippen molar-refractivity contribution in [1.82, 2.24) is 35.3 Å². The van der Waals surface area contributed by atoms with E-state index < -0.39 is 59.5 Å². The first-order valence-electron chi connectivity index (χ1n) is 16.7. The predicted molar refractivity (Wildman–Crippen MR) is 176 cm³/mol. The minimum Gasteiger partial charge on any atom is -0.484 e. The van der Waals surface area contributed by atoms with Gasteiger partial charge in [-0.25, -0.2) is 4.79 Å². The Labute approximate surface area is 284 Å². The second-order valence-electron chi connectivity index (χ2n) is 13.3. The van der Waals surface area contributed by atoms with Crippen molar-refractivity contribution in [3.63, 3.8) is 0 Å². The van der Waals surface area contributed by atoms with E-state index in [1.165, 1.54) is 9.47 Å². The number of nitrogens with one attached hydrogen (secondary N) is 3. The van der Waals surface area contributed by atoms with Gasteiger partial charge in [-0.2, -0.15) is 4.98 Å². The number of carbonyl (C=O) groups excluding carboxylic acids is 5. The fraction of sp³-hybridized carbons (Fsp3) is 0.559. The van der Waals surface area contributed by atoms with Gasteiger partial charge < -0.3 is 35.6 Å². The van der Waals surface area contributed by atoms with E-state index in [1.807, 2.05) is 18.2 Å². The number of aliphatic hydroxyl groups excluding tert-OH is 1. The fourth-order valence-electron chi connectivity index (χ4n) is 6.93. The van der Waals surface area contributed by atoms with E-state index in [4.69, 9.17) is 4.74 Å². The second-order valence-corrected chi connectivity index (χ2v) is 13.3. The third kappa shape index (κ3) is 8.45. The molecular formula is C34H45N7O8. The number of aromatic nitrogens is 2. The lowest BCUT2D eigenvalue weighted by Gasteiger charge is -2.42. The zero-order valence-corrected chi connectivity index (χ0v) is 28.2. The molecule has 2 saturated heterocycles. The number of ether oxygens (including phenoxy) is 1. The van der Waals surface area contributed by atoms with E-state index in [1.54, 1.807) is 37.8 Å². The molecule has 5 rings (SSSR count). The molecule has 5 amide bonds. The number of hydrogen-bond acceptors (Lipinski definition) is 9. The minimum absolute atomic E-state index is 0.130. The first kappa shape index (κ1) is 35.5. The van der Waals surface area contributed by atoms with Crippen molar-refractivity contribution in [3.8, 4) is 5.75 Å². The zero-order valence-electron chi connectivity index (χ0n) is 28.2. The standard InChI is InChI=1S/C34H45N7O8/c1-21-14-22(2)41(33(48)36-21)17-29(44)39-12-9-34(10-13-39)16-24-6-4-7-25(15-24)49-19-28(43)37-23(3)32(47)40-11-5-8-27(40)31(46)38-26(18-42)30(45)35-20-34/h4,6-7,14-15,23,26-27,42H,5,8-13,16-20H2,1-3H3,(H,35,45)(H,37,43)(H,38,46)/t23-,26-,27-/m0/s1. The number of aryl methyl sites for hydroxylation is 2. The van der Waals surface area contributed by atoms with Crippen LogP contribution >= 0.6 is 0 Å². The van der Waals surface area contributed by atoms with Crippen LogP contribution in [0.25, 0.3) is 0 Å². The average molecular weight is 680 g/mol. The molecule has 0 saturated carbocycles. The molecule has 0 unspecified atom stereocenters. The van der Waals surface area contributed by atoms with E-state index in [9.17, 15) is 33.9 Å². The first-order valence-corrected chi connectivity index (χ1v) is 16.7. The number of likely N-dealkylation sites (tertiary alicyclic amines) is 1. The third-order valence-electron chi connectivity index (χ3n) is 9.70. The van der Waals surface area contributed by atoms with Gasteiger partial charge in [-0.05, 0) is 82.1 Å². The topological polar surface area (TPSA) is 192 Å². The van der Waals surface area contributed by atoms with Crippen LogP contribution in [0.15, 0.2) is 35.1 Å². The summed E-state index contributed by atoms with van der Waals surface area (Å²) in [5.41, 5.74) is 1.12. The smallest absolute Gasteiger partial charge is 0.348 e. The summed E-state index contributed by atoms with van der Waals surface area (Å²) in [5.74, 6) is -1.81. The highest BCUT2D eigenvalue weighted by Gasteiger charge is 2.40. The number of benzene rings is 1. The van der Waals surface area contributed by atoms with Gasteiger partial charge in [0.25, 0.3) is 5.91 Å². The Bertz CT molecular complexity index is 1650. The van der Waals surface area contributed by atoms with Gasteiger partial charge in [0.05, 0.1) is 6.61 Å². The molecule has 0 aliphatic carbocycles. The predicted octanol–water partition coefficient (Wildman–Crippen LogP) is -0.807. The van der Waals surface area contributed by atoms with Crippen LogP contribution in [-0.4, -0.2) is 112 Å². The van der Waals surface area contributed by atoms with Crippen molar-refractivity contribution in [3.05, 3.63) is 57.8 Å². The minimum atomic E-state index is -1.25. The van der Waals surface area contributed by atoms with Crippen LogP contribution in [0.1, 0.15) is 49.6 Å². The summed E-state index contributed by atoms with van der Waals surface area (Å²) in [5, 5.41) is 18.3. The van der Waals surface area contributed by atoms with Crippen molar-refractivity contribution >= 4 is 29.5 Å². The highest BCUT2D eigenvalue weighted by Crippen LogP contribution is 2.36. The van der Waals surface area contributed by atoms with Gasteiger partial charge in [0.15, 0.2) is 6.61 Å². The summed E-state index contributed by atoms with van der Waals surface area (Å²) in [6.07, 6.45) is 2.47. The Kier molecular flexibility index (Phi) is 11.0. The molecular weight excluding hydrogens is 634 g/mol. The molecule has 1 aromatic heterocycles. The molecule has 2 fully saturated rings. The number of nitrogens with zero attached hydrogens (tertiary/aromatic N) is 4. The molecule has 2 aromatic rings. The van der Waals surface area contributed by atoms with Gasteiger partial charge in [0.2, 0.25) is 23.6 Å². The summed E-state index contributed by atoms with van der Waals surface area (Å²) >= 11 is 0. The maximum atomic E-state index is 13.4. The molecule has 3 aliphatic heterocycles. The van der Waals surface area contributed by atoms with Gasteiger partial charge in [-0.1, -0.05) is 12.1 Å². The molecule has 1 spiro atoms. The number of fused-ring (bicyclic) bond motifs is 3. The highest BCUT2D eigenvalue weighted by molar-refractivity contribution is 5.94. The van der Waals surface area contributed by atoms with E-state index >= 15 is 0 Å². The van der Waals surface area contributed by atoms with Crippen LogP contribution in [0.2, 0.25) is 0 Å². The van der Waals surface area contributed by atoms with Crippen LogP contribution in [0.5, 0.6) is 5.75 Å². The molecule has 4 heterocycles. The lowest BCUT2D eigenvalue weighted by Crippen LogP contribution is -2.57. The lowest BCUT2D eigenvalue weighted by molar-refractivity contribution is -0.142. The quantitative estimate of drug-likeness (QED) is 0.321. The molecule has 15 heteroatoms. The molecule has 49 heavy (non-hydrogen) atoms. The van der Waals surface area contributed by atoms with E-state index in [2.05, 4.69) is 20.9 Å². The van der Waals surface area contributed by atoms with E-state index in [0.29, 0.717) is 68.9 Å². The second kappa shape index (κ2) is 15.2. The van der Waals surface area contributed by atoms with Gasteiger partial charge in [-0.15, -0.1) is 0 Å². The van der Waals surface area contributed by atoms with Crippen molar-refractivity contribution < 1.29 is 33.8 Å². The Hall–Kier alpha value is -4.79. The molecule has 0 radical (unpaired) electrons. The third-order valence-corrected chi connectivity index (χ3v) is 9.70. The maximum absolute atomic E-state index is 13.4.